The van der Waals surface area contributed by atoms with Crippen LogP contribution in [0, 0.1) is 17.3 Å². The highest BCUT2D eigenvalue weighted by molar-refractivity contribution is 5.83. The molecule has 0 fully saturated rings. The van der Waals surface area contributed by atoms with E-state index in [9.17, 15) is 14.7 Å². The Hall–Kier alpha value is -1.10. The number of hydrogen-bond acceptors (Lipinski definition) is 3. The zero-order valence-corrected chi connectivity index (χ0v) is 14.1. The van der Waals surface area contributed by atoms with E-state index in [0.717, 1.165) is 19.3 Å². The van der Waals surface area contributed by atoms with Crippen LogP contribution in [0.25, 0.3) is 0 Å². The number of carbonyl (C=O) groups is 2. The van der Waals surface area contributed by atoms with E-state index < -0.39 is 12.0 Å². The van der Waals surface area contributed by atoms with Crippen LogP contribution in [0.1, 0.15) is 60.3 Å². The zero-order valence-electron chi connectivity index (χ0n) is 14.1. The number of amides is 1. The molecule has 0 radical (unpaired) electrons. The molecular formula is C16H32N2O3. The van der Waals surface area contributed by atoms with Crippen LogP contribution in [-0.2, 0) is 9.59 Å². The first-order chi connectivity index (χ1) is 9.63. The molecule has 2 unspecified atom stereocenters. The van der Waals surface area contributed by atoms with Crippen molar-refractivity contribution in [3.63, 3.8) is 0 Å². The third kappa shape index (κ3) is 7.46. The number of nitrogens with two attached hydrogens (primary N) is 1. The summed E-state index contributed by atoms with van der Waals surface area (Å²) in [5, 5.41) is 11.8. The number of aliphatic carboxylic acids is 1. The molecule has 0 aliphatic heterocycles. The molecule has 0 saturated carbocycles. The molecule has 0 aliphatic carbocycles. The van der Waals surface area contributed by atoms with Gasteiger partial charge in [0.2, 0.25) is 5.91 Å². The fourth-order valence-corrected chi connectivity index (χ4v) is 2.45. The molecule has 0 heterocycles. The summed E-state index contributed by atoms with van der Waals surface area (Å²) < 4.78 is 0. The molecule has 0 aromatic carbocycles. The highest BCUT2D eigenvalue weighted by atomic mass is 16.4. The average molecular weight is 300 g/mol. The molecule has 0 aromatic heterocycles. The number of nitrogens with one attached hydrogen (secondary N) is 1. The van der Waals surface area contributed by atoms with Gasteiger partial charge in [0.15, 0.2) is 0 Å². The van der Waals surface area contributed by atoms with Crippen LogP contribution in [0.3, 0.4) is 0 Å². The second-order valence-corrected chi connectivity index (χ2v) is 6.95. The predicted molar refractivity (Wildman–Crippen MR) is 84.9 cm³/mol. The Morgan fingerprint density at radius 2 is 1.81 bits per heavy atom. The van der Waals surface area contributed by atoms with Crippen LogP contribution < -0.4 is 11.1 Å². The molecule has 0 aliphatic rings. The van der Waals surface area contributed by atoms with Gasteiger partial charge in [-0.25, -0.2) is 4.79 Å². The van der Waals surface area contributed by atoms with E-state index in [4.69, 9.17) is 5.73 Å². The standard InChI is InChI=1S/C16H32N2O3/c1-6-11(2)14(15(20)21)18-13(19)8-7-12(9-10-17)16(3,4)5/h11-12,14H,6-10,17H2,1-5H3,(H,18,19)(H,20,21)/t11?,12?,14-/m0/s1. The zero-order chi connectivity index (χ0) is 16.6. The van der Waals surface area contributed by atoms with Crippen LogP contribution in [0.5, 0.6) is 0 Å². The number of carboxylic acid groups (broad SMARTS) is 1. The minimum Gasteiger partial charge on any atom is -0.480 e. The summed E-state index contributed by atoms with van der Waals surface area (Å²) in [4.78, 5) is 23.2. The van der Waals surface area contributed by atoms with Gasteiger partial charge >= 0.3 is 5.97 Å². The topological polar surface area (TPSA) is 92.4 Å². The first kappa shape index (κ1) is 19.9. The van der Waals surface area contributed by atoms with E-state index in [0.29, 0.717) is 18.9 Å². The lowest BCUT2D eigenvalue weighted by atomic mass is 9.76. The van der Waals surface area contributed by atoms with Crippen LogP contribution >= 0.6 is 0 Å². The number of carboxylic acids is 1. The Kier molecular flexibility index (Phi) is 8.55. The van der Waals surface area contributed by atoms with E-state index in [1.807, 2.05) is 13.8 Å². The van der Waals surface area contributed by atoms with Crippen molar-refractivity contribution in [3.05, 3.63) is 0 Å². The lowest BCUT2D eigenvalue weighted by Crippen LogP contribution is -2.45. The Bertz CT molecular complexity index is 337. The van der Waals surface area contributed by atoms with Gasteiger partial charge in [-0.3, -0.25) is 4.79 Å². The molecule has 0 aromatic rings. The van der Waals surface area contributed by atoms with E-state index in [1.54, 1.807) is 0 Å². The minimum atomic E-state index is -0.966. The molecule has 21 heavy (non-hydrogen) atoms. The number of carbonyl (C=O) groups excluding carboxylic acids is 1. The van der Waals surface area contributed by atoms with Crippen molar-refractivity contribution in [2.24, 2.45) is 23.0 Å². The van der Waals surface area contributed by atoms with Gasteiger partial charge < -0.3 is 16.2 Å². The Balaban J connectivity index is 4.50. The van der Waals surface area contributed by atoms with Crippen molar-refractivity contribution in [2.75, 3.05) is 6.54 Å². The predicted octanol–water partition coefficient (Wildman–Crippen LogP) is 2.39. The van der Waals surface area contributed by atoms with E-state index >= 15 is 0 Å². The summed E-state index contributed by atoms with van der Waals surface area (Å²) in [5.74, 6) is -0.866. The maximum absolute atomic E-state index is 12.0. The molecule has 3 atom stereocenters. The molecule has 5 heteroatoms. The van der Waals surface area contributed by atoms with Gasteiger partial charge in [0.25, 0.3) is 0 Å². The summed E-state index contributed by atoms with van der Waals surface area (Å²) in [7, 11) is 0. The third-order valence-electron chi connectivity index (χ3n) is 4.26. The van der Waals surface area contributed by atoms with Crippen molar-refractivity contribution in [3.8, 4) is 0 Å². The van der Waals surface area contributed by atoms with Gasteiger partial charge in [-0.1, -0.05) is 41.0 Å². The molecule has 0 rings (SSSR count). The first-order valence-corrected chi connectivity index (χ1v) is 7.85. The average Bonchev–Trinajstić information content (AvgIpc) is 2.38. The fraction of sp³-hybridized carbons (Fsp3) is 0.875. The quantitative estimate of drug-likeness (QED) is 0.609. The normalized spacial score (nSPS) is 16.1. The lowest BCUT2D eigenvalue weighted by molar-refractivity contribution is -0.143. The molecule has 0 saturated heterocycles. The molecule has 0 bridgehead atoms. The summed E-state index contributed by atoms with van der Waals surface area (Å²) in [5.41, 5.74) is 5.73. The highest BCUT2D eigenvalue weighted by Crippen LogP contribution is 2.32. The Morgan fingerprint density at radius 3 is 2.19 bits per heavy atom. The summed E-state index contributed by atoms with van der Waals surface area (Å²) in [6, 6.07) is -0.801. The van der Waals surface area contributed by atoms with Crippen LogP contribution in [0.2, 0.25) is 0 Å². The molecule has 0 spiro atoms. The van der Waals surface area contributed by atoms with Gasteiger partial charge in [0.05, 0.1) is 0 Å². The van der Waals surface area contributed by atoms with Crippen molar-refractivity contribution in [1.82, 2.24) is 5.32 Å². The highest BCUT2D eigenvalue weighted by Gasteiger charge is 2.27. The first-order valence-electron chi connectivity index (χ1n) is 7.85. The summed E-state index contributed by atoms with van der Waals surface area (Å²) in [6.45, 7) is 10.8. The van der Waals surface area contributed by atoms with E-state index in [-0.39, 0.29) is 17.2 Å². The molecule has 124 valence electrons. The second kappa shape index (κ2) is 9.03. The van der Waals surface area contributed by atoms with E-state index in [1.165, 1.54) is 0 Å². The molecular weight excluding hydrogens is 268 g/mol. The van der Waals surface area contributed by atoms with Gasteiger partial charge in [-0.2, -0.15) is 0 Å². The molecule has 1 amide bonds. The second-order valence-electron chi connectivity index (χ2n) is 6.95. The van der Waals surface area contributed by atoms with Gasteiger partial charge in [0, 0.05) is 6.42 Å². The number of rotatable bonds is 9. The Labute approximate surface area is 128 Å². The maximum atomic E-state index is 12.0. The smallest absolute Gasteiger partial charge is 0.326 e. The van der Waals surface area contributed by atoms with Crippen molar-refractivity contribution < 1.29 is 14.7 Å². The summed E-state index contributed by atoms with van der Waals surface area (Å²) in [6.07, 6.45) is 2.68. The van der Waals surface area contributed by atoms with Gasteiger partial charge in [-0.05, 0) is 36.6 Å². The molecule has 5 nitrogen and oxygen atoms in total. The summed E-state index contributed by atoms with van der Waals surface area (Å²) >= 11 is 0. The van der Waals surface area contributed by atoms with Crippen LogP contribution in [-0.4, -0.2) is 29.6 Å². The van der Waals surface area contributed by atoms with Crippen molar-refractivity contribution in [2.45, 2.75) is 66.3 Å². The maximum Gasteiger partial charge on any atom is 0.326 e. The third-order valence-corrected chi connectivity index (χ3v) is 4.26. The lowest BCUT2D eigenvalue weighted by Gasteiger charge is -2.30. The van der Waals surface area contributed by atoms with Crippen molar-refractivity contribution in [1.29, 1.82) is 0 Å². The van der Waals surface area contributed by atoms with Crippen LogP contribution in [0.4, 0.5) is 0 Å². The molecule has 4 N–H and O–H groups in total. The minimum absolute atomic E-state index is 0.0751. The fourth-order valence-electron chi connectivity index (χ4n) is 2.45. The SMILES string of the molecule is CCC(C)[C@H](NC(=O)CCC(CCN)C(C)(C)C)C(=O)O. The van der Waals surface area contributed by atoms with Crippen molar-refractivity contribution >= 4 is 11.9 Å². The van der Waals surface area contributed by atoms with Gasteiger partial charge in [-0.15, -0.1) is 0 Å². The van der Waals surface area contributed by atoms with Crippen LogP contribution in [0.15, 0.2) is 0 Å². The number of hydrogen-bond donors (Lipinski definition) is 3. The van der Waals surface area contributed by atoms with Gasteiger partial charge in [0.1, 0.15) is 6.04 Å². The largest absolute Gasteiger partial charge is 0.480 e. The Morgan fingerprint density at radius 1 is 1.24 bits per heavy atom. The monoisotopic (exact) mass is 300 g/mol. The van der Waals surface area contributed by atoms with E-state index in [2.05, 4.69) is 26.1 Å².